The Morgan fingerprint density at radius 2 is 2.14 bits per heavy atom. The van der Waals surface area contributed by atoms with Crippen LogP contribution in [-0.4, -0.2) is 16.8 Å². The lowest BCUT2D eigenvalue weighted by molar-refractivity contribution is 0.275. The van der Waals surface area contributed by atoms with Gasteiger partial charge in [-0.05, 0) is 31.0 Å². The molecule has 0 fully saturated rings. The summed E-state index contributed by atoms with van der Waals surface area (Å²) in [5.74, 6) is -0.420. The molecule has 1 atom stereocenters. The Morgan fingerprint density at radius 1 is 1.50 bits per heavy atom. The maximum atomic E-state index is 13.1. The molecule has 4 N–H and O–H groups in total. The highest BCUT2D eigenvalue weighted by atomic mass is 19.1. The Kier molecular flexibility index (Phi) is 3.43. The predicted octanol–water partition coefficient (Wildman–Crippen LogP) is 1.22. The van der Waals surface area contributed by atoms with Crippen molar-refractivity contribution < 1.29 is 14.6 Å². The molecule has 0 aromatic heterocycles. The van der Waals surface area contributed by atoms with Crippen molar-refractivity contribution in [3.05, 3.63) is 29.1 Å². The maximum Gasteiger partial charge on any atom is 0.126 e. The molecule has 14 heavy (non-hydrogen) atoms. The van der Waals surface area contributed by atoms with E-state index in [4.69, 9.17) is 10.8 Å². The molecule has 0 saturated carbocycles. The van der Waals surface area contributed by atoms with Crippen LogP contribution in [0.25, 0.3) is 0 Å². The van der Waals surface area contributed by atoms with Crippen LogP contribution in [0.4, 0.5) is 4.39 Å². The van der Waals surface area contributed by atoms with E-state index in [-0.39, 0.29) is 12.4 Å². The number of phenolic OH excluding ortho intramolecular Hbond substituents is 1. The molecule has 0 spiro atoms. The van der Waals surface area contributed by atoms with Gasteiger partial charge in [-0.15, -0.1) is 0 Å². The third-order valence-corrected chi connectivity index (χ3v) is 2.24. The number of benzene rings is 1. The van der Waals surface area contributed by atoms with E-state index in [0.29, 0.717) is 17.5 Å². The van der Waals surface area contributed by atoms with Crippen LogP contribution in [-0.2, 0) is 0 Å². The molecule has 4 heteroatoms. The van der Waals surface area contributed by atoms with E-state index in [1.165, 1.54) is 12.1 Å². The highest BCUT2D eigenvalue weighted by Crippen LogP contribution is 2.29. The van der Waals surface area contributed by atoms with Crippen molar-refractivity contribution in [2.75, 3.05) is 6.61 Å². The molecule has 0 aliphatic rings. The smallest absolute Gasteiger partial charge is 0.126 e. The van der Waals surface area contributed by atoms with E-state index in [1.54, 1.807) is 6.92 Å². The second-order valence-corrected chi connectivity index (χ2v) is 3.22. The topological polar surface area (TPSA) is 66.5 Å². The number of halogens is 1. The van der Waals surface area contributed by atoms with E-state index in [1.807, 2.05) is 0 Å². The predicted molar refractivity (Wildman–Crippen MR) is 51.4 cm³/mol. The van der Waals surface area contributed by atoms with Crippen LogP contribution in [0.3, 0.4) is 0 Å². The lowest BCUT2D eigenvalue weighted by atomic mass is 9.98. The fraction of sp³-hybridized carbons (Fsp3) is 0.400. The van der Waals surface area contributed by atoms with Gasteiger partial charge < -0.3 is 15.9 Å². The van der Waals surface area contributed by atoms with Gasteiger partial charge in [0.1, 0.15) is 11.6 Å². The SMILES string of the molecule is Cc1c(F)ccc(O)c1[C@H](N)CCO. The third-order valence-electron chi connectivity index (χ3n) is 2.24. The summed E-state index contributed by atoms with van der Waals surface area (Å²) in [5, 5.41) is 18.2. The Balaban J connectivity index is 3.11. The van der Waals surface area contributed by atoms with Crippen molar-refractivity contribution in [3.63, 3.8) is 0 Å². The number of aliphatic hydroxyl groups is 1. The number of nitrogens with two attached hydrogens (primary N) is 1. The maximum absolute atomic E-state index is 13.1. The number of rotatable bonds is 3. The van der Waals surface area contributed by atoms with Crippen molar-refractivity contribution >= 4 is 0 Å². The van der Waals surface area contributed by atoms with Crippen LogP contribution in [0, 0.1) is 12.7 Å². The summed E-state index contributed by atoms with van der Waals surface area (Å²) in [6.07, 6.45) is 0.303. The molecule has 0 saturated heterocycles. The lowest BCUT2D eigenvalue weighted by Gasteiger charge is -2.15. The quantitative estimate of drug-likeness (QED) is 0.685. The molecular formula is C10H14FNO2. The first-order valence-electron chi connectivity index (χ1n) is 4.42. The van der Waals surface area contributed by atoms with Gasteiger partial charge in [-0.1, -0.05) is 0 Å². The zero-order valence-electron chi connectivity index (χ0n) is 8.00. The lowest BCUT2D eigenvalue weighted by Crippen LogP contribution is -2.14. The molecule has 0 aliphatic carbocycles. The van der Waals surface area contributed by atoms with Crippen LogP contribution < -0.4 is 5.73 Å². The molecule has 0 radical (unpaired) electrons. The molecule has 1 rings (SSSR count). The first-order valence-corrected chi connectivity index (χ1v) is 4.42. The van der Waals surface area contributed by atoms with Crippen LogP contribution in [0.1, 0.15) is 23.6 Å². The number of hydrogen-bond donors (Lipinski definition) is 3. The Morgan fingerprint density at radius 3 is 2.71 bits per heavy atom. The molecule has 0 bridgehead atoms. The molecule has 0 aliphatic heterocycles. The average Bonchev–Trinajstić information content (AvgIpc) is 2.13. The molecule has 1 aromatic rings. The summed E-state index contributed by atoms with van der Waals surface area (Å²) in [6.45, 7) is 1.47. The van der Waals surface area contributed by atoms with Crippen LogP contribution in [0.15, 0.2) is 12.1 Å². The van der Waals surface area contributed by atoms with Crippen molar-refractivity contribution in [1.82, 2.24) is 0 Å². The van der Waals surface area contributed by atoms with Gasteiger partial charge in [-0.3, -0.25) is 0 Å². The van der Waals surface area contributed by atoms with Crippen molar-refractivity contribution in [2.45, 2.75) is 19.4 Å². The highest BCUT2D eigenvalue weighted by Gasteiger charge is 2.15. The molecule has 0 heterocycles. The summed E-state index contributed by atoms with van der Waals surface area (Å²) in [5.41, 5.74) is 6.40. The van der Waals surface area contributed by atoms with E-state index < -0.39 is 11.9 Å². The van der Waals surface area contributed by atoms with Gasteiger partial charge in [0.05, 0.1) is 0 Å². The first kappa shape index (κ1) is 10.9. The fourth-order valence-corrected chi connectivity index (χ4v) is 1.44. The normalized spacial score (nSPS) is 12.9. The second-order valence-electron chi connectivity index (χ2n) is 3.22. The average molecular weight is 199 g/mol. The van der Waals surface area contributed by atoms with E-state index in [2.05, 4.69) is 0 Å². The third kappa shape index (κ3) is 2.02. The summed E-state index contributed by atoms with van der Waals surface area (Å²) >= 11 is 0. The van der Waals surface area contributed by atoms with E-state index in [9.17, 15) is 9.50 Å². The molecule has 0 unspecified atom stereocenters. The standard InChI is InChI=1S/C10H14FNO2/c1-6-7(11)2-3-9(14)10(6)8(12)4-5-13/h2-3,8,13-14H,4-5,12H2,1H3/t8-/m1/s1. The van der Waals surface area contributed by atoms with E-state index >= 15 is 0 Å². The largest absolute Gasteiger partial charge is 0.508 e. The summed E-state index contributed by atoms with van der Waals surface area (Å²) in [6, 6.07) is 1.94. The first-order chi connectivity index (χ1) is 6.57. The minimum Gasteiger partial charge on any atom is -0.508 e. The van der Waals surface area contributed by atoms with Gasteiger partial charge in [0.15, 0.2) is 0 Å². The highest BCUT2D eigenvalue weighted by molar-refractivity contribution is 5.41. The van der Waals surface area contributed by atoms with Crippen molar-refractivity contribution in [3.8, 4) is 5.75 Å². The zero-order valence-corrected chi connectivity index (χ0v) is 8.00. The van der Waals surface area contributed by atoms with Gasteiger partial charge in [-0.2, -0.15) is 0 Å². The van der Waals surface area contributed by atoms with Crippen LogP contribution in [0.5, 0.6) is 5.75 Å². The minimum absolute atomic E-state index is 0.0233. The minimum atomic E-state index is -0.532. The molecule has 0 amide bonds. The summed E-state index contributed by atoms with van der Waals surface area (Å²) in [7, 11) is 0. The number of aliphatic hydroxyl groups excluding tert-OH is 1. The number of aromatic hydroxyl groups is 1. The summed E-state index contributed by atoms with van der Waals surface area (Å²) in [4.78, 5) is 0. The van der Waals surface area contributed by atoms with Gasteiger partial charge in [-0.25, -0.2) is 4.39 Å². The second kappa shape index (κ2) is 4.39. The molecule has 78 valence electrons. The number of phenols is 1. The Hall–Kier alpha value is -1.13. The van der Waals surface area contributed by atoms with Gasteiger partial charge >= 0.3 is 0 Å². The van der Waals surface area contributed by atoms with Crippen LogP contribution >= 0.6 is 0 Å². The van der Waals surface area contributed by atoms with Gasteiger partial charge in [0.2, 0.25) is 0 Å². The number of hydrogen-bond acceptors (Lipinski definition) is 3. The molecular weight excluding hydrogens is 185 g/mol. The van der Waals surface area contributed by atoms with Gasteiger partial charge in [0.25, 0.3) is 0 Å². The molecule has 1 aromatic carbocycles. The Bertz CT molecular complexity index is 328. The van der Waals surface area contributed by atoms with Gasteiger partial charge in [0, 0.05) is 18.2 Å². The van der Waals surface area contributed by atoms with Crippen molar-refractivity contribution in [2.24, 2.45) is 5.73 Å². The summed E-state index contributed by atoms with van der Waals surface area (Å²) < 4.78 is 13.1. The van der Waals surface area contributed by atoms with Crippen LogP contribution in [0.2, 0.25) is 0 Å². The molecule has 3 nitrogen and oxygen atoms in total. The van der Waals surface area contributed by atoms with Crippen molar-refractivity contribution in [1.29, 1.82) is 0 Å². The van der Waals surface area contributed by atoms with E-state index in [0.717, 1.165) is 0 Å². The fourth-order valence-electron chi connectivity index (χ4n) is 1.44. The zero-order chi connectivity index (χ0) is 10.7. The Labute approximate surface area is 82.0 Å². The monoisotopic (exact) mass is 199 g/mol.